The maximum atomic E-state index is 14.1. The molecule has 1 aromatic heterocycles. The Morgan fingerprint density at radius 1 is 0.907 bits per heavy atom. The topological polar surface area (TPSA) is 120 Å². The number of aliphatic hydroxyl groups is 1. The van der Waals surface area contributed by atoms with Gasteiger partial charge in [0.25, 0.3) is 11.8 Å². The number of allylic oxidation sites excluding steroid dienone is 2. The molecule has 0 radical (unpaired) electrons. The lowest BCUT2D eigenvalue weighted by atomic mass is 9.57. The molecule has 2 aliphatic heterocycles. The molecule has 0 spiro atoms. The van der Waals surface area contributed by atoms with Gasteiger partial charge >= 0.3 is 0 Å². The molecule has 6 atom stereocenters. The van der Waals surface area contributed by atoms with Crippen LogP contribution in [-0.2, 0) is 25.8 Å². The van der Waals surface area contributed by atoms with E-state index in [4.69, 9.17) is 27.6 Å². The fraction of sp³-hybridized carbons (Fsp3) is 0.312. The Morgan fingerprint density at radius 3 is 2.28 bits per heavy atom. The van der Waals surface area contributed by atoms with Crippen LogP contribution in [0.25, 0.3) is 0 Å². The first-order chi connectivity index (χ1) is 20.6. The summed E-state index contributed by atoms with van der Waals surface area (Å²) in [4.78, 5) is 53.3. The highest BCUT2D eigenvalue weighted by Crippen LogP contribution is 2.65. The first-order valence-electron chi connectivity index (χ1n) is 14.0. The van der Waals surface area contributed by atoms with Gasteiger partial charge < -0.3 is 14.8 Å². The fourth-order valence-electron chi connectivity index (χ4n) is 7.33. The third-order valence-electron chi connectivity index (χ3n) is 9.33. The van der Waals surface area contributed by atoms with E-state index < -0.39 is 51.1 Å². The van der Waals surface area contributed by atoms with Crippen molar-refractivity contribution < 1.29 is 28.7 Å². The lowest BCUT2D eigenvalue weighted by Gasteiger charge is -2.49. The number of anilines is 3. The Kier molecular flexibility index (Phi) is 6.36. The maximum Gasteiger partial charge on any atom is 0.253 e. The number of nitrogens with one attached hydrogen (secondary N) is 1. The largest absolute Gasteiger partial charge is 0.463 e. The molecule has 11 heteroatoms. The molecule has 4 amide bonds. The summed E-state index contributed by atoms with van der Waals surface area (Å²) in [7, 11) is 1.33. The molecular formula is C32H27Cl2N3O6. The van der Waals surface area contributed by atoms with Gasteiger partial charge in [0.05, 0.1) is 23.4 Å². The van der Waals surface area contributed by atoms with E-state index in [0.717, 1.165) is 16.3 Å². The number of imide groups is 2. The summed E-state index contributed by atoms with van der Waals surface area (Å²) in [6.45, 7) is -0.379. The van der Waals surface area contributed by atoms with E-state index in [-0.39, 0.29) is 36.9 Å². The predicted molar refractivity (Wildman–Crippen MR) is 159 cm³/mol. The summed E-state index contributed by atoms with van der Waals surface area (Å²) in [5.41, 5.74) is 2.77. The molecule has 3 fully saturated rings. The van der Waals surface area contributed by atoms with Crippen LogP contribution in [0.15, 0.2) is 82.8 Å². The van der Waals surface area contributed by atoms with E-state index in [0.29, 0.717) is 11.3 Å². The molecule has 9 nitrogen and oxygen atoms in total. The summed E-state index contributed by atoms with van der Waals surface area (Å²) in [5, 5.41) is 12.9. The second kappa shape index (κ2) is 9.80. The summed E-state index contributed by atoms with van der Waals surface area (Å²) < 4.78 is 5.88. The number of carbonyl (C=O) groups excluding carboxylic acids is 4. The van der Waals surface area contributed by atoms with Crippen molar-refractivity contribution in [2.75, 3.05) is 17.3 Å². The standard InChI is InChI=1S/C32H27Cl2N3O6/c1-36-29(41)31(33)15-23-21(26(32(31,34)30(36)42)24-14-11-20(16-38)43-24)12-13-22-25(23)28(40)37(27(22)39)19-9-7-18(8-10-19)35-17-5-3-2-4-6-17/h2-12,14,22-23,25-26,35,38H,13,15-16H2,1H3. The number of alkyl halides is 2. The quantitative estimate of drug-likeness (QED) is 0.241. The summed E-state index contributed by atoms with van der Waals surface area (Å²) in [5.74, 6) is -4.67. The van der Waals surface area contributed by atoms with Crippen molar-refractivity contribution in [2.45, 2.75) is 35.1 Å². The number of benzene rings is 2. The lowest BCUT2D eigenvalue weighted by Crippen LogP contribution is -2.60. The first kappa shape index (κ1) is 27.9. The Bertz CT molecular complexity index is 1710. The van der Waals surface area contributed by atoms with Gasteiger partial charge in [-0.2, -0.15) is 0 Å². The van der Waals surface area contributed by atoms with Gasteiger partial charge in [-0.1, -0.05) is 29.8 Å². The minimum absolute atomic E-state index is 0.100. The Hall–Kier alpha value is -3.92. The molecule has 4 aliphatic rings. The molecule has 43 heavy (non-hydrogen) atoms. The number of amides is 4. The Balaban J connectivity index is 1.26. The zero-order valence-corrected chi connectivity index (χ0v) is 24.5. The number of halogens is 2. The number of hydrogen-bond acceptors (Lipinski definition) is 7. The van der Waals surface area contributed by atoms with Crippen LogP contribution in [0, 0.1) is 17.8 Å². The smallest absolute Gasteiger partial charge is 0.253 e. The van der Waals surface area contributed by atoms with Crippen LogP contribution < -0.4 is 10.2 Å². The Labute approximate surface area is 257 Å². The van der Waals surface area contributed by atoms with Gasteiger partial charge in [0.2, 0.25) is 11.8 Å². The number of fused-ring (bicyclic) bond motifs is 4. The molecule has 2 aromatic carbocycles. The lowest BCUT2D eigenvalue weighted by molar-refractivity contribution is -0.138. The van der Waals surface area contributed by atoms with Crippen molar-refractivity contribution in [2.24, 2.45) is 17.8 Å². The zero-order valence-electron chi connectivity index (χ0n) is 23.0. The minimum Gasteiger partial charge on any atom is -0.463 e. The van der Waals surface area contributed by atoms with E-state index >= 15 is 0 Å². The Morgan fingerprint density at radius 2 is 1.60 bits per heavy atom. The van der Waals surface area contributed by atoms with Gasteiger partial charge in [-0.3, -0.25) is 29.0 Å². The number of carbonyl (C=O) groups is 4. The molecule has 2 saturated heterocycles. The third-order valence-corrected chi connectivity index (χ3v) is 10.7. The zero-order chi connectivity index (χ0) is 30.3. The number of aliphatic hydroxyl groups excluding tert-OH is 1. The summed E-state index contributed by atoms with van der Waals surface area (Å²) in [6, 6.07) is 19.8. The predicted octanol–water partition coefficient (Wildman–Crippen LogP) is 4.71. The molecule has 1 saturated carbocycles. The van der Waals surface area contributed by atoms with E-state index in [1.165, 1.54) is 11.9 Å². The highest BCUT2D eigenvalue weighted by molar-refractivity contribution is 6.53. The van der Waals surface area contributed by atoms with E-state index in [1.807, 2.05) is 36.4 Å². The molecule has 2 aliphatic carbocycles. The molecule has 0 bridgehead atoms. The number of furan rings is 1. The van der Waals surface area contributed by atoms with Crippen LogP contribution in [0.1, 0.15) is 30.3 Å². The van der Waals surface area contributed by atoms with E-state index in [9.17, 15) is 24.3 Å². The van der Waals surface area contributed by atoms with Crippen molar-refractivity contribution in [1.82, 2.24) is 4.90 Å². The fourth-order valence-corrected chi connectivity index (χ4v) is 8.33. The molecular weight excluding hydrogens is 593 g/mol. The molecule has 3 aromatic rings. The average Bonchev–Trinajstić information content (AvgIpc) is 3.62. The normalized spacial score (nSPS) is 31.6. The highest BCUT2D eigenvalue weighted by atomic mass is 35.5. The monoisotopic (exact) mass is 619 g/mol. The van der Waals surface area contributed by atoms with Gasteiger partial charge in [0, 0.05) is 18.4 Å². The van der Waals surface area contributed by atoms with Crippen molar-refractivity contribution in [3.05, 3.63) is 89.9 Å². The second-order valence-corrected chi connectivity index (χ2v) is 12.8. The van der Waals surface area contributed by atoms with Crippen LogP contribution in [0.3, 0.4) is 0 Å². The van der Waals surface area contributed by atoms with Crippen molar-refractivity contribution in [3.8, 4) is 0 Å². The maximum absolute atomic E-state index is 14.1. The minimum atomic E-state index is -1.92. The summed E-state index contributed by atoms with van der Waals surface area (Å²) >= 11 is 14.2. The second-order valence-electron chi connectivity index (χ2n) is 11.5. The van der Waals surface area contributed by atoms with Crippen molar-refractivity contribution in [3.63, 3.8) is 0 Å². The molecule has 2 N–H and O–H groups in total. The third kappa shape index (κ3) is 3.81. The van der Waals surface area contributed by atoms with Crippen molar-refractivity contribution >= 4 is 63.9 Å². The average molecular weight is 620 g/mol. The van der Waals surface area contributed by atoms with Crippen LogP contribution in [0.5, 0.6) is 0 Å². The number of para-hydroxylation sites is 1. The molecule has 220 valence electrons. The van der Waals surface area contributed by atoms with Crippen molar-refractivity contribution in [1.29, 1.82) is 0 Å². The van der Waals surface area contributed by atoms with E-state index in [1.54, 1.807) is 36.4 Å². The number of nitrogens with zero attached hydrogens (tertiary/aromatic N) is 2. The summed E-state index contributed by atoms with van der Waals surface area (Å²) in [6.07, 6.45) is 1.99. The van der Waals surface area contributed by atoms with Gasteiger partial charge in [-0.15, -0.1) is 23.2 Å². The molecule has 7 rings (SSSR count). The van der Waals surface area contributed by atoms with Crippen LogP contribution in [-0.4, -0.2) is 50.4 Å². The number of rotatable bonds is 5. The highest BCUT2D eigenvalue weighted by Gasteiger charge is 2.76. The number of likely N-dealkylation sites (tertiary alicyclic amines) is 1. The van der Waals surface area contributed by atoms with Crippen LogP contribution in [0.2, 0.25) is 0 Å². The van der Waals surface area contributed by atoms with Gasteiger partial charge in [0.1, 0.15) is 18.1 Å². The number of hydrogen-bond donors (Lipinski definition) is 2. The van der Waals surface area contributed by atoms with Crippen LogP contribution in [0.4, 0.5) is 17.1 Å². The molecule has 6 unspecified atom stereocenters. The van der Waals surface area contributed by atoms with Gasteiger partial charge in [-0.05, 0) is 67.3 Å². The first-order valence-corrected chi connectivity index (χ1v) is 14.8. The van der Waals surface area contributed by atoms with Crippen LogP contribution >= 0.6 is 23.2 Å². The SMILES string of the molecule is CN1C(=O)C2(Cl)CC3C(=CCC4C(=O)N(c5ccc(Nc6ccccc6)cc5)C(=O)C43)C(c3ccc(CO)o3)C2(Cl)C1=O. The van der Waals surface area contributed by atoms with E-state index in [2.05, 4.69) is 5.32 Å². The van der Waals surface area contributed by atoms with Gasteiger partial charge in [0.15, 0.2) is 9.75 Å². The van der Waals surface area contributed by atoms with Gasteiger partial charge in [-0.25, -0.2) is 0 Å². The molecule has 3 heterocycles.